The lowest BCUT2D eigenvalue weighted by molar-refractivity contribution is -0.122. The van der Waals surface area contributed by atoms with Gasteiger partial charge in [0.25, 0.3) is 0 Å². The first-order chi connectivity index (χ1) is 7.72. The Morgan fingerprint density at radius 1 is 1.44 bits per heavy atom. The van der Waals surface area contributed by atoms with Crippen LogP contribution in [0.5, 0.6) is 0 Å². The number of likely N-dealkylation sites (N-methyl/N-ethyl adjacent to an activating group) is 2. The molecule has 2 atom stereocenters. The average Bonchev–Trinajstić information content (AvgIpc) is 2.74. The molecule has 1 amide bonds. The molecule has 16 heavy (non-hydrogen) atoms. The van der Waals surface area contributed by atoms with Crippen LogP contribution in [0.1, 0.15) is 33.1 Å². The zero-order valence-electron chi connectivity index (χ0n) is 10.5. The monoisotopic (exact) mass is 227 g/mol. The Labute approximate surface area is 98.6 Å². The number of hydrogen-bond donors (Lipinski definition) is 2. The molecule has 0 aliphatic heterocycles. The quantitative estimate of drug-likeness (QED) is 0.697. The molecule has 0 radical (unpaired) electrons. The summed E-state index contributed by atoms with van der Waals surface area (Å²) in [5.74, 6) is 0.710. The molecule has 1 fully saturated rings. The van der Waals surface area contributed by atoms with Gasteiger partial charge >= 0.3 is 0 Å². The Morgan fingerprint density at radius 2 is 2.19 bits per heavy atom. The molecule has 0 spiro atoms. The summed E-state index contributed by atoms with van der Waals surface area (Å²) in [7, 11) is 0. The van der Waals surface area contributed by atoms with Gasteiger partial charge in [0.15, 0.2) is 0 Å². The molecule has 4 heteroatoms. The Balaban J connectivity index is 2.49. The Hall–Kier alpha value is -0.610. The Bertz CT molecular complexity index is 220. The second-order valence-corrected chi connectivity index (χ2v) is 4.51. The molecule has 1 rings (SSSR count). The molecule has 0 aromatic rings. The van der Waals surface area contributed by atoms with E-state index in [1.54, 1.807) is 0 Å². The van der Waals surface area contributed by atoms with Crippen molar-refractivity contribution >= 4 is 5.91 Å². The summed E-state index contributed by atoms with van der Waals surface area (Å²) in [6, 6.07) is 0.512. The molecule has 1 saturated carbocycles. The van der Waals surface area contributed by atoms with Crippen molar-refractivity contribution in [2.24, 2.45) is 11.7 Å². The first-order valence-corrected chi connectivity index (χ1v) is 6.43. The van der Waals surface area contributed by atoms with Crippen LogP contribution in [0.4, 0.5) is 0 Å². The first kappa shape index (κ1) is 13.5. The predicted octanol–water partition coefficient (Wildman–Crippen LogP) is 0.572. The van der Waals surface area contributed by atoms with E-state index in [9.17, 15) is 4.79 Å². The van der Waals surface area contributed by atoms with Crippen molar-refractivity contribution in [3.63, 3.8) is 0 Å². The van der Waals surface area contributed by atoms with E-state index >= 15 is 0 Å². The molecule has 1 aliphatic rings. The smallest absolute Gasteiger partial charge is 0.234 e. The van der Waals surface area contributed by atoms with Crippen LogP contribution in [0.3, 0.4) is 0 Å². The van der Waals surface area contributed by atoms with E-state index in [4.69, 9.17) is 5.73 Å². The fraction of sp³-hybridized carbons (Fsp3) is 0.917. The van der Waals surface area contributed by atoms with E-state index in [1.807, 2.05) is 6.92 Å². The third-order valence-electron chi connectivity index (χ3n) is 3.52. The molecule has 0 aromatic heterocycles. The summed E-state index contributed by atoms with van der Waals surface area (Å²) in [5.41, 5.74) is 5.78. The second-order valence-electron chi connectivity index (χ2n) is 4.51. The number of carbonyl (C=O) groups excluding carboxylic acids is 1. The van der Waals surface area contributed by atoms with Crippen molar-refractivity contribution in [1.82, 2.24) is 10.2 Å². The highest BCUT2D eigenvalue weighted by Gasteiger charge is 2.31. The summed E-state index contributed by atoms with van der Waals surface area (Å²) in [6.45, 7) is 6.97. The minimum Gasteiger partial charge on any atom is -0.355 e. The predicted molar refractivity (Wildman–Crippen MR) is 66.1 cm³/mol. The van der Waals surface area contributed by atoms with Gasteiger partial charge in [0.1, 0.15) is 0 Å². The molecular weight excluding hydrogens is 202 g/mol. The summed E-state index contributed by atoms with van der Waals surface area (Å²) >= 11 is 0. The molecule has 0 aromatic carbocycles. The molecule has 94 valence electrons. The first-order valence-electron chi connectivity index (χ1n) is 6.43. The largest absolute Gasteiger partial charge is 0.355 e. The van der Waals surface area contributed by atoms with E-state index in [0.717, 1.165) is 13.1 Å². The van der Waals surface area contributed by atoms with Crippen LogP contribution in [-0.4, -0.2) is 43.0 Å². The van der Waals surface area contributed by atoms with E-state index < -0.39 is 0 Å². The summed E-state index contributed by atoms with van der Waals surface area (Å²) in [4.78, 5) is 13.9. The van der Waals surface area contributed by atoms with Crippen molar-refractivity contribution in [2.45, 2.75) is 39.2 Å². The van der Waals surface area contributed by atoms with Crippen LogP contribution in [0.15, 0.2) is 0 Å². The van der Waals surface area contributed by atoms with Gasteiger partial charge in [-0.2, -0.15) is 0 Å². The SMILES string of the molecule is CCNC(=O)CN(CC)C1CCCC1CN. The van der Waals surface area contributed by atoms with Crippen molar-refractivity contribution in [1.29, 1.82) is 0 Å². The highest BCUT2D eigenvalue weighted by molar-refractivity contribution is 5.77. The van der Waals surface area contributed by atoms with Crippen molar-refractivity contribution in [3.05, 3.63) is 0 Å². The summed E-state index contributed by atoms with van der Waals surface area (Å²) < 4.78 is 0. The number of carbonyl (C=O) groups is 1. The maximum absolute atomic E-state index is 11.6. The van der Waals surface area contributed by atoms with Gasteiger partial charge in [0.05, 0.1) is 6.54 Å². The standard InChI is InChI=1S/C12H25N3O/c1-3-14-12(16)9-15(4-2)11-7-5-6-10(11)8-13/h10-11H,3-9,13H2,1-2H3,(H,14,16). The molecule has 1 aliphatic carbocycles. The normalized spacial score (nSPS) is 25.0. The van der Waals surface area contributed by atoms with Crippen molar-refractivity contribution < 1.29 is 4.79 Å². The van der Waals surface area contributed by atoms with Gasteiger partial charge in [-0.3, -0.25) is 9.69 Å². The number of nitrogens with zero attached hydrogens (tertiary/aromatic N) is 1. The Morgan fingerprint density at radius 3 is 2.75 bits per heavy atom. The molecule has 0 saturated heterocycles. The molecule has 0 bridgehead atoms. The topological polar surface area (TPSA) is 58.4 Å². The molecule has 4 nitrogen and oxygen atoms in total. The van der Waals surface area contributed by atoms with Crippen LogP contribution in [-0.2, 0) is 4.79 Å². The summed E-state index contributed by atoms with van der Waals surface area (Å²) in [6.07, 6.45) is 3.65. The molecule has 3 N–H and O–H groups in total. The number of hydrogen-bond acceptors (Lipinski definition) is 3. The van der Waals surface area contributed by atoms with Gasteiger partial charge < -0.3 is 11.1 Å². The molecular formula is C12H25N3O. The lowest BCUT2D eigenvalue weighted by Gasteiger charge is -2.31. The van der Waals surface area contributed by atoms with Crippen LogP contribution < -0.4 is 11.1 Å². The molecule has 0 heterocycles. The van der Waals surface area contributed by atoms with Crippen LogP contribution in [0.25, 0.3) is 0 Å². The van der Waals surface area contributed by atoms with Crippen molar-refractivity contribution in [2.75, 3.05) is 26.2 Å². The number of nitrogens with one attached hydrogen (secondary N) is 1. The number of rotatable bonds is 6. The minimum atomic E-state index is 0.132. The lowest BCUT2D eigenvalue weighted by Crippen LogP contribution is -2.45. The van der Waals surface area contributed by atoms with E-state index in [1.165, 1.54) is 19.3 Å². The number of nitrogens with two attached hydrogens (primary N) is 1. The Kier molecular flexibility index (Phi) is 5.77. The van der Waals surface area contributed by atoms with Gasteiger partial charge in [-0.1, -0.05) is 13.3 Å². The third-order valence-corrected chi connectivity index (χ3v) is 3.52. The summed E-state index contributed by atoms with van der Waals surface area (Å²) in [5, 5.41) is 2.85. The van der Waals surface area contributed by atoms with Crippen LogP contribution in [0, 0.1) is 5.92 Å². The fourth-order valence-electron chi connectivity index (χ4n) is 2.67. The maximum Gasteiger partial charge on any atom is 0.234 e. The van der Waals surface area contributed by atoms with Gasteiger partial charge in [0, 0.05) is 12.6 Å². The van der Waals surface area contributed by atoms with Gasteiger partial charge in [-0.25, -0.2) is 0 Å². The minimum absolute atomic E-state index is 0.132. The van der Waals surface area contributed by atoms with E-state index in [-0.39, 0.29) is 5.91 Å². The van der Waals surface area contributed by atoms with Crippen LogP contribution >= 0.6 is 0 Å². The highest BCUT2D eigenvalue weighted by Crippen LogP contribution is 2.28. The lowest BCUT2D eigenvalue weighted by atomic mass is 10.0. The van der Waals surface area contributed by atoms with Gasteiger partial charge in [0.2, 0.25) is 5.91 Å². The van der Waals surface area contributed by atoms with E-state index in [2.05, 4.69) is 17.1 Å². The second kappa shape index (κ2) is 6.86. The van der Waals surface area contributed by atoms with Gasteiger partial charge in [-0.15, -0.1) is 0 Å². The zero-order valence-corrected chi connectivity index (χ0v) is 10.5. The average molecular weight is 227 g/mol. The van der Waals surface area contributed by atoms with Crippen LogP contribution in [0.2, 0.25) is 0 Å². The molecule has 2 unspecified atom stereocenters. The van der Waals surface area contributed by atoms with Gasteiger partial charge in [-0.05, 0) is 38.8 Å². The van der Waals surface area contributed by atoms with Crippen molar-refractivity contribution in [3.8, 4) is 0 Å². The third kappa shape index (κ3) is 3.46. The fourth-order valence-corrected chi connectivity index (χ4v) is 2.67. The highest BCUT2D eigenvalue weighted by atomic mass is 16.2. The number of amides is 1. The van der Waals surface area contributed by atoms with E-state index in [0.29, 0.717) is 25.0 Å². The maximum atomic E-state index is 11.6. The zero-order chi connectivity index (χ0) is 12.0.